The molecule has 0 radical (unpaired) electrons. The summed E-state index contributed by atoms with van der Waals surface area (Å²) in [5.74, 6) is 1.01. The van der Waals surface area contributed by atoms with Crippen molar-refractivity contribution in [2.24, 2.45) is 0 Å². The largest absolute Gasteiger partial charge is 0.396 e. The van der Waals surface area contributed by atoms with Gasteiger partial charge in [-0.1, -0.05) is 12.1 Å². The van der Waals surface area contributed by atoms with E-state index in [9.17, 15) is 4.79 Å². The third-order valence-corrected chi connectivity index (χ3v) is 2.73. The maximum absolute atomic E-state index is 11.7. The van der Waals surface area contributed by atoms with Crippen LogP contribution in [0.3, 0.4) is 0 Å². The van der Waals surface area contributed by atoms with Gasteiger partial charge in [-0.15, -0.1) is 0 Å². The van der Waals surface area contributed by atoms with Crippen LogP contribution in [0.25, 0.3) is 0 Å². The zero-order valence-corrected chi connectivity index (χ0v) is 10.4. The summed E-state index contributed by atoms with van der Waals surface area (Å²) in [5.41, 5.74) is -0.419. The lowest BCUT2D eigenvalue weighted by atomic mass is 9.95. The van der Waals surface area contributed by atoms with Gasteiger partial charge in [-0.05, 0) is 26.7 Å². The Bertz CT molecular complexity index is 378. The lowest BCUT2D eigenvalue weighted by molar-refractivity contribution is 0.208. The summed E-state index contributed by atoms with van der Waals surface area (Å²) in [4.78, 5) is 11.7. The molecule has 0 aliphatic rings. The lowest BCUT2D eigenvalue weighted by Gasteiger charge is -2.28. The number of urea groups is 1. The van der Waals surface area contributed by atoms with E-state index >= 15 is 0 Å². The first-order valence-corrected chi connectivity index (χ1v) is 5.62. The number of amides is 2. The summed E-state index contributed by atoms with van der Waals surface area (Å²) >= 11 is 0. The third kappa shape index (κ3) is 4.07. The number of rotatable bonds is 5. The van der Waals surface area contributed by atoms with Crippen LogP contribution in [-0.2, 0) is 0 Å². The highest BCUT2D eigenvalue weighted by Gasteiger charge is 2.23. The van der Waals surface area contributed by atoms with Crippen molar-refractivity contribution in [1.82, 2.24) is 10.5 Å². The normalized spacial score (nSPS) is 14.1. The van der Waals surface area contributed by atoms with Crippen LogP contribution < -0.4 is 10.6 Å². The van der Waals surface area contributed by atoms with E-state index in [0.717, 1.165) is 6.42 Å². The molecule has 0 saturated carbocycles. The molecule has 0 spiro atoms. The van der Waals surface area contributed by atoms with Crippen LogP contribution in [0.4, 0.5) is 10.6 Å². The van der Waals surface area contributed by atoms with E-state index in [1.807, 2.05) is 13.8 Å². The Morgan fingerprint density at radius 1 is 1.65 bits per heavy atom. The maximum Gasteiger partial charge on any atom is 0.320 e. The second-order valence-corrected chi connectivity index (χ2v) is 4.29. The predicted octanol–water partition coefficient (Wildman–Crippen LogP) is 1.66. The number of carbonyl (C=O) groups excluding carboxylic acids is 1. The molecule has 1 unspecified atom stereocenters. The molecule has 0 bridgehead atoms. The Morgan fingerprint density at radius 2 is 2.35 bits per heavy atom. The Morgan fingerprint density at radius 3 is 2.82 bits per heavy atom. The average Bonchev–Trinajstić information content (AvgIpc) is 2.64. The number of aromatic nitrogens is 1. The number of aliphatic hydroxyl groups excluding tert-OH is 1. The van der Waals surface area contributed by atoms with Gasteiger partial charge < -0.3 is 14.9 Å². The van der Waals surface area contributed by atoms with E-state index < -0.39 is 5.54 Å². The van der Waals surface area contributed by atoms with E-state index in [0.29, 0.717) is 18.0 Å². The molecule has 6 heteroatoms. The molecular weight excluding hydrogens is 222 g/mol. The van der Waals surface area contributed by atoms with Gasteiger partial charge in [0.05, 0.1) is 0 Å². The van der Waals surface area contributed by atoms with Crippen molar-refractivity contribution in [3.05, 3.63) is 11.8 Å². The van der Waals surface area contributed by atoms with E-state index in [1.165, 1.54) is 0 Å². The first-order chi connectivity index (χ1) is 7.99. The average molecular weight is 241 g/mol. The second-order valence-electron chi connectivity index (χ2n) is 4.29. The zero-order valence-electron chi connectivity index (χ0n) is 10.4. The van der Waals surface area contributed by atoms with Crippen molar-refractivity contribution >= 4 is 11.8 Å². The van der Waals surface area contributed by atoms with Crippen LogP contribution in [-0.4, -0.2) is 28.4 Å². The van der Waals surface area contributed by atoms with Crippen LogP contribution in [0, 0.1) is 6.92 Å². The van der Waals surface area contributed by atoms with Crippen LogP contribution in [0.15, 0.2) is 10.6 Å². The topological polar surface area (TPSA) is 87.4 Å². The molecule has 3 N–H and O–H groups in total. The minimum Gasteiger partial charge on any atom is -0.396 e. The minimum absolute atomic E-state index is 0.0354. The quantitative estimate of drug-likeness (QED) is 0.731. The molecule has 96 valence electrons. The summed E-state index contributed by atoms with van der Waals surface area (Å²) < 4.78 is 4.84. The molecule has 1 atom stereocenters. The highest BCUT2D eigenvalue weighted by Crippen LogP contribution is 2.14. The van der Waals surface area contributed by atoms with E-state index in [-0.39, 0.29) is 12.6 Å². The van der Waals surface area contributed by atoms with E-state index in [2.05, 4.69) is 15.8 Å². The third-order valence-electron chi connectivity index (χ3n) is 2.73. The van der Waals surface area contributed by atoms with E-state index in [4.69, 9.17) is 9.63 Å². The minimum atomic E-state index is -0.419. The van der Waals surface area contributed by atoms with Crippen LogP contribution in [0.1, 0.15) is 32.4 Å². The molecular formula is C11H19N3O3. The smallest absolute Gasteiger partial charge is 0.320 e. The first-order valence-electron chi connectivity index (χ1n) is 5.62. The fraction of sp³-hybridized carbons (Fsp3) is 0.636. The number of aryl methyl sites for hydroxylation is 1. The molecule has 1 heterocycles. The van der Waals surface area contributed by atoms with Crippen LogP contribution in [0.5, 0.6) is 0 Å². The number of nitrogens with one attached hydrogen (secondary N) is 2. The van der Waals surface area contributed by atoms with Gasteiger partial charge in [-0.2, -0.15) is 0 Å². The monoisotopic (exact) mass is 241 g/mol. The summed E-state index contributed by atoms with van der Waals surface area (Å²) in [6.07, 6.45) is 1.24. The summed E-state index contributed by atoms with van der Waals surface area (Å²) in [6.45, 7) is 5.62. The van der Waals surface area contributed by atoms with Gasteiger partial charge in [0.15, 0.2) is 5.82 Å². The fourth-order valence-corrected chi connectivity index (χ4v) is 1.42. The number of nitrogens with zero attached hydrogens (tertiary/aromatic N) is 1. The molecule has 1 aromatic rings. The molecule has 0 saturated heterocycles. The molecule has 0 aromatic carbocycles. The summed E-state index contributed by atoms with van der Waals surface area (Å²) in [6, 6.07) is 1.28. The van der Waals surface area contributed by atoms with Crippen molar-refractivity contribution in [3.63, 3.8) is 0 Å². The number of hydrogen-bond donors (Lipinski definition) is 3. The van der Waals surface area contributed by atoms with Gasteiger partial charge in [-0.25, -0.2) is 4.79 Å². The van der Waals surface area contributed by atoms with E-state index in [1.54, 1.807) is 13.0 Å². The van der Waals surface area contributed by atoms with Crippen LogP contribution >= 0.6 is 0 Å². The first kappa shape index (κ1) is 13.5. The fourth-order valence-electron chi connectivity index (χ4n) is 1.42. The summed E-state index contributed by atoms with van der Waals surface area (Å²) in [5, 5.41) is 18.0. The highest BCUT2D eigenvalue weighted by molar-refractivity contribution is 5.88. The standard InChI is InChI=1S/C11H19N3O3/c1-4-11(3,5-6-15)13-10(16)12-9-7-8(2)17-14-9/h7,15H,4-6H2,1-3H3,(H2,12,13,14,16). The molecule has 1 rings (SSSR count). The number of aliphatic hydroxyl groups is 1. The van der Waals surface area contributed by atoms with Gasteiger partial charge in [0.2, 0.25) is 0 Å². The zero-order chi connectivity index (χ0) is 12.9. The van der Waals surface area contributed by atoms with Gasteiger partial charge in [-0.3, -0.25) is 5.32 Å². The molecule has 2 amide bonds. The van der Waals surface area contributed by atoms with Crippen molar-refractivity contribution in [2.45, 2.75) is 39.2 Å². The highest BCUT2D eigenvalue weighted by atomic mass is 16.5. The Balaban J connectivity index is 2.53. The van der Waals surface area contributed by atoms with Gasteiger partial charge in [0, 0.05) is 18.2 Å². The Kier molecular flexibility index (Phi) is 4.51. The Labute approximate surface area is 100 Å². The van der Waals surface area contributed by atoms with Crippen molar-refractivity contribution in [3.8, 4) is 0 Å². The lowest BCUT2D eigenvalue weighted by Crippen LogP contribution is -2.48. The second kappa shape index (κ2) is 5.67. The van der Waals surface area contributed by atoms with Crippen LogP contribution in [0.2, 0.25) is 0 Å². The van der Waals surface area contributed by atoms with Crippen molar-refractivity contribution < 1.29 is 14.4 Å². The molecule has 0 fully saturated rings. The molecule has 6 nitrogen and oxygen atoms in total. The number of carbonyl (C=O) groups is 1. The number of hydrogen-bond acceptors (Lipinski definition) is 4. The molecule has 17 heavy (non-hydrogen) atoms. The number of anilines is 1. The van der Waals surface area contributed by atoms with Crippen molar-refractivity contribution in [2.75, 3.05) is 11.9 Å². The van der Waals surface area contributed by atoms with Gasteiger partial charge in [0.1, 0.15) is 5.76 Å². The SMILES string of the molecule is CCC(C)(CCO)NC(=O)Nc1cc(C)on1. The maximum atomic E-state index is 11.7. The molecule has 0 aliphatic heterocycles. The molecule has 0 aliphatic carbocycles. The molecule has 1 aromatic heterocycles. The van der Waals surface area contributed by atoms with Gasteiger partial charge >= 0.3 is 6.03 Å². The Hall–Kier alpha value is -1.56. The summed E-state index contributed by atoms with van der Waals surface area (Å²) in [7, 11) is 0. The van der Waals surface area contributed by atoms with Gasteiger partial charge in [0.25, 0.3) is 0 Å². The van der Waals surface area contributed by atoms with Crippen molar-refractivity contribution in [1.29, 1.82) is 0 Å². The predicted molar refractivity (Wildman–Crippen MR) is 63.8 cm³/mol.